The lowest BCUT2D eigenvalue weighted by Gasteiger charge is -2.09. The summed E-state index contributed by atoms with van der Waals surface area (Å²) >= 11 is 0. The number of aromatic nitrogens is 2. The Balaban J connectivity index is 1.05. The van der Waals surface area contributed by atoms with Crippen molar-refractivity contribution in [2.75, 3.05) is 0 Å². The van der Waals surface area contributed by atoms with Crippen LogP contribution in [-0.2, 0) is 0 Å². The van der Waals surface area contributed by atoms with Crippen molar-refractivity contribution in [3.8, 4) is 33.6 Å². The first kappa shape index (κ1) is 26.0. The molecule has 0 saturated carbocycles. The van der Waals surface area contributed by atoms with E-state index in [2.05, 4.69) is 179 Å². The van der Waals surface area contributed by atoms with Crippen LogP contribution >= 0.6 is 0 Å². The summed E-state index contributed by atoms with van der Waals surface area (Å²) in [5.41, 5.74) is 13.5. The van der Waals surface area contributed by atoms with Gasteiger partial charge < -0.3 is 13.6 Å². The Morgan fingerprint density at radius 1 is 0.340 bits per heavy atom. The van der Waals surface area contributed by atoms with Crippen LogP contribution in [0.25, 0.3) is 88.4 Å². The number of benzene rings is 7. The van der Waals surface area contributed by atoms with E-state index in [1.807, 2.05) is 0 Å². The van der Waals surface area contributed by atoms with Crippen molar-refractivity contribution < 1.29 is 4.42 Å². The van der Waals surface area contributed by atoms with Crippen LogP contribution in [0.1, 0.15) is 0 Å². The van der Waals surface area contributed by atoms with Gasteiger partial charge in [-0.25, -0.2) is 0 Å². The van der Waals surface area contributed by atoms with Gasteiger partial charge in [-0.1, -0.05) is 103 Å². The predicted octanol–water partition coefficient (Wildman–Crippen LogP) is 12.0. The average Bonchev–Trinajstić information content (AvgIpc) is 3.79. The molecule has 3 aromatic heterocycles. The maximum Gasteiger partial charge on any atom is 0.161 e. The third-order valence-electron chi connectivity index (χ3n) is 9.53. The smallest absolute Gasteiger partial charge is 0.161 e. The lowest BCUT2D eigenvalue weighted by molar-refractivity contribution is 0.673. The molecule has 0 fully saturated rings. The van der Waals surface area contributed by atoms with Gasteiger partial charge in [-0.15, -0.1) is 0 Å². The lowest BCUT2D eigenvalue weighted by atomic mass is 9.98. The van der Waals surface area contributed by atoms with Crippen LogP contribution in [0.2, 0.25) is 0 Å². The molecule has 3 heterocycles. The molecule has 0 amide bonds. The summed E-state index contributed by atoms with van der Waals surface area (Å²) in [5, 5.41) is 4.76. The molecule has 0 aliphatic carbocycles. The van der Waals surface area contributed by atoms with E-state index in [9.17, 15) is 0 Å². The first-order chi connectivity index (χ1) is 23.3. The summed E-state index contributed by atoms with van der Waals surface area (Å²) in [6.45, 7) is 0. The zero-order chi connectivity index (χ0) is 30.9. The molecule has 0 bridgehead atoms. The second kappa shape index (κ2) is 10.1. The molecule has 220 valence electrons. The molecule has 3 heteroatoms. The summed E-state index contributed by atoms with van der Waals surface area (Å²) in [5.74, 6) is 0. The Labute approximate surface area is 271 Å². The van der Waals surface area contributed by atoms with E-state index in [-0.39, 0.29) is 0 Å². The Kier molecular flexibility index (Phi) is 5.57. The zero-order valence-corrected chi connectivity index (χ0v) is 25.5. The second-order valence-corrected chi connectivity index (χ2v) is 12.2. The van der Waals surface area contributed by atoms with E-state index < -0.39 is 0 Å². The minimum atomic E-state index is 0.896. The van der Waals surface area contributed by atoms with Crippen LogP contribution in [0.3, 0.4) is 0 Å². The van der Waals surface area contributed by atoms with E-state index in [0.717, 1.165) is 49.8 Å². The van der Waals surface area contributed by atoms with Crippen LogP contribution in [0, 0.1) is 0 Å². The topological polar surface area (TPSA) is 23.0 Å². The molecule has 3 nitrogen and oxygen atoms in total. The zero-order valence-electron chi connectivity index (χ0n) is 25.5. The van der Waals surface area contributed by atoms with Crippen molar-refractivity contribution >= 4 is 54.8 Å². The van der Waals surface area contributed by atoms with Crippen molar-refractivity contribution in [1.29, 1.82) is 0 Å². The van der Waals surface area contributed by atoms with Gasteiger partial charge in [0.15, 0.2) is 5.58 Å². The van der Waals surface area contributed by atoms with Gasteiger partial charge in [0.2, 0.25) is 0 Å². The highest BCUT2D eigenvalue weighted by atomic mass is 16.3. The second-order valence-electron chi connectivity index (χ2n) is 12.2. The largest absolute Gasteiger partial charge is 0.454 e. The van der Waals surface area contributed by atoms with Gasteiger partial charge >= 0.3 is 0 Å². The van der Waals surface area contributed by atoms with Crippen LogP contribution < -0.4 is 0 Å². The molecule has 0 N–H and O–H groups in total. The van der Waals surface area contributed by atoms with E-state index >= 15 is 0 Å². The van der Waals surface area contributed by atoms with Gasteiger partial charge in [0.1, 0.15) is 11.1 Å². The molecule has 0 unspecified atom stereocenters. The molecule has 0 spiro atoms. The number of fused-ring (bicyclic) bond motifs is 8. The predicted molar refractivity (Wildman–Crippen MR) is 196 cm³/mol. The Hall–Kier alpha value is -6.32. The number of hydrogen-bond acceptors (Lipinski definition) is 1. The third-order valence-corrected chi connectivity index (χ3v) is 9.53. The van der Waals surface area contributed by atoms with Gasteiger partial charge in [-0.05, 0) is 89.0 Å². The fraction of sp³-hybridized carbons (Fsp3) is 0. The molecule has 0 aliphatic heterocycles. The minimum Gasteiger partial charge on any atom is -0.454 e. The molecule has 10 rings (SSSR count). The quantitative estimate of drug-likeness (QED) is 0.197. The van der Waals surface area contributed by atoms with Gasteiger partial charge in [0.25, 0.3) is 0 Å². The average molecular weight is 601 g/mol. The van der Waals surface area contributed by atoms with E-state index in [4.69, 9.17) is 4.42 Å². The summed E-state index contributed by atoms with van der Waals surface area (Å²) in [6, 6.07) is 60.6. The van der Waals surface area contributed by atoms with Gasteiger partial charge in [-0.2, -0.15) is 0 Å². The summed E-state index contributed by atoms with van der Waals surface area (Å²) in [7, 11) is 0. The number of hydrogen-bond donors (Lipinski definition) is 0. The highest BCUT2D eigenvalue weighted by Gasteiger charge is 2.19. The fourth-order valence-corrected chi connectivity index (χ4v) is 7.36. The fourth-order valence-electron chi connectivity index (χ4n) is 7.36. The maximum atomic E-state index is 6.61. The first-order valence-corrected chi connectivity index (χ1v) is 16.0. The Morgan fingerprint density at radius 2 is 0.851 bits per heavy atom. The first-order valence-electron chi connectivity index (χ1n) is 16.0. The standard InChI is InChI=1S/C44H28N2O/c1-3-11-33(12-4-1)45-39-17-9-7-15-35(39)38-27-31(24-26-41(38)45)29-19-21-30(22-20-29)32-23-25-37-42(28-32)47-44-36-16-8-10-18-40(36)46(43(37)44)34-13-5-2-6-14-34/h1-28H. The Bertz CT molecular complexity index is 2760. The summed E-state index contributed by atoms with van der Waals surface area (Å²) < 4.78 is 11.3. The van der Waals surface area contributed by atoms with Crippen LogP contribution in [-0.4, -0.2) is 9.13 Å². The number of nitrogens with zero attached hydrogens (tertiary/aromatic N) is 2. The number of furan rings is 1. The highest BCUT2D eigenvalue weighted by molar-refractivity contribution is 6.17. The monoisotopic (exact) mass is 600 g/mol. The van der Waals surface area contributed by atoms with Gasteiger partial charge in [0.05, 0.1) is 16.6 Å². The lowest BCUT2D eigenvalue weighted by Crippen LogP contribution is -1.92. The van der Waals surface area contributed by atoms with Crippen LogP contribution in [0.15, 0.2) is 174 Å². The summed E-state index contributed by atoms with van der Waals surface area (Å²) in [6.07, 6.45) is 0. The molecule has 0 atom stereocenters. The van der Waals surface area contributed by atoms with Gasteiger partial charge in [0, 0.05) is 32.9 Å². The highest BCUT2D eigenvalue weighted by Crippen LogP contribution is 2.40. The molecule has 0 aliphatic rings. The molecular weight excluding hydrogens is 572 g/mol. The molecule has 0 radical (unpaired) electrons. The Morgan fingerprint density at radius 3 is 1.55 bits per heavy atom. The van der Waals surface area contributed by atoms with Crippen LogP contribution in [0.4, 0.5) is 0 Å². The normalized spacial score (nSPS) is 11.8. The molecule has 0 saturated heterocycles. The van der Waals surface area contributed by atoms with Crippen molar-refractivity contribution in [2.24, 2.45) is 0 Å². The van der Waals surface area contributed by atoms with E-state index in [1.54, 1.807) is 0 Å². The van der Waals surface area contributed by atoms with Crippen molar-refractivity contribution in [2.45, 2.75) is 0 Å². The van der Waals surface area contributed by atoms with E-state index in [0.29, 0.717) is 0 Å². The van der Waals surface area contributed by atoms with E-state index in [1.165, 1.54) is 38.6 Å². The molecule has 10 aromatic rings. The van der Waals surface area contributed by atoms with Crippen molar-refractivity contribution in [3.63, 3.8) is 0 Å². The summed E-state index contributed by atoms with van der Waals surface area (Å²) in [4.78, 5) is 0. The van der Waals surface area contributed by atoms with Crippen LogP contribution in [0.5, 0.6) is 0 Å². The molecule has 7 aromatic carbocycles. The minimum absolute atomic E-state index is 0.896. The van der Waals surface area contributed by atoms with Crippen molar-refractivity contribution in [1.82, 2.24) is 9.13 Å². The van der Waals surface area contributed by atoms with Gasteiger partial charge in [-0.3, -0.25) is 0 Å². The number of rotatable bonds is 4. The number of para-hydroxylation sites is 4. The third kappa shape index (κ3) is 3.93. The molecule has 47 heavy (non-hydrogen) atoms. The SMILES string of the molecule is c1ccc(-n2c3ccccc3c3cc(-c4ccc(-c5ccc6c(c5)oc5c7ccccc7n(-c7ccccc7)c65)cc4)ccc32)cc1. The van der Waals surface area contributed by atoms with Crippen molar-refractivity contribution in [3.05, 3.63) is 170 Å². The maximum absolute atomic E-state index is 6.61. The molecular formula is C44H28N2O.